The first kappa shape index (κ1) is 20.0. The first-order valence-corrected chi connectivity index (χ1v) is 12.0. The predicted molar refractivity (Wildman–Crippen MR) is 127 cm³/mol. The molecule has 2 N–H and O–H groups in total. The summed E-state index contributed by atoms with van der Waals surface area (Å²) in [6.07, 6.45) is 7.60. The lowest BCUT2D eigenvalue weighted by Gasteiger charge is -2.57. The van der Waals surface area contributed by atoms with Crippen molar-refractivity contribution in [2.45, 2.75) is 57.0 Å². The maximum absolute atomic E-state index is 11.2. The van der Waals surface area contributed by atoms with Crippen molar-refractivity contribution in [1.82, 2.24) is 0 Å². The molecule has 3 aromatic carbocycles. The van der Waals surface area contributed by atoms with Crippen LogP contribution < -0.4 is 0 Å². The van der Waals surface area contributed by atoms with Gasteiger partial charge in [0.05, 0.1) is 11.7 Å². The second-order valence-corrected chi connectivity index (χ2v) is 10.8. The third-order valence-electron chi connectivity index (χ3n) is 8.53. The van der Waals surface area contributed by atoms with Gasteiger partial charge in [0.1, 0.15) is 0 Å². The molecule has 4 saturated carbocycles. The van der Waals surface area contributed by atoms with Gasteiger partial charge in [-0.2, -0.15) is 0 Å². The third-order valence-corrected chi connectivity index (χ3v) is 8.53. The molecule has 0 radical (unpaired) electrons. The fourth-order valence-corrected chi connectivity index (χ4v) is 7.55. The highest BCUT2D eigenvalue weighted by atomic mass is 16.4. The van der Waals surface area contributed by atoms with Crippen molar-refractivity contribution in [2.75, 3.05) is 0 Å². The predicted octanol–water partition coefficient (Wildman–Crippen LogP) is 6.73. The smallest absolute Gasteiger partial charge is 0.335 e. The van der Waals surface area contributed by atoms with Gasteiger partial charge in [0.15, 0.2) is 0 Å². The Kier molecular flexibility index (Phi) is 4.49. The van der Waals surface area contributed by atoms with Gasteiger partial charge in [-0.25, -0.2) is 4.79 Å². The molecule has 32 heavy (non-hydrogen) atoms. The van der Waals surface area contributed by atoms with E-state index in [4.69, 9.17) is 0 Å². The summed E-state index contributed by atoms with van der Waals surface area (Å²) in [5, 5.41) is 22.3. The maximum atomic E-state index is 11.2. The largest absolute Gasteiger partial charge is 0.478 e. The molecule has 0 heterocycles. The van der Waals surface area contributed by atoms with E-state index in [0.717, 1.165) is 39.8 Å². The molecule has 3 heteroatoms. The van der Waals surface area contributed by atoms with E-state index in [0.29, 0.717) is 5.56 Å². The monoisotopic (exact) mass is 426 g/mol. The van der Waals surface area contributed by atoms with Crippen LogP contribution in [0, 0.1) is 17.8 Å². The van der Waals surface area contributed by atoms with E-state index >= 15 is 0 Å². The summed E-state index contributed by atoms with van der Waals surface area (Å²) < 4.78 is 0. The Morgan fingerprint density at radius 2 is 1.44 bits per heavy atom. The Balaban J connectivity index is 1.46. The van der Waals surface area contributed by atoms with Crippen molar-refractivity contribution in [3.05, 3.63) is 71.3 Å². The van der Waals surface area contributed by atoms with Crippen molar-refractivity contribution in [1.29, 1.82) is 0 Å². The highest BCUT2D eigenvalue weighted by Crippen LogP contribution is 2.61. The number of rotatable bonds is 4. The summed E-state index contributed by atoms with van der Waals surface area (Å²) in [6.45, 7) is 1.91. The van der Waals surface area contributed by atoms with Crippen molar-refractivity contribution < 1.29 is 15.0 Å². The molecule has 0 amide bonds. The summed E-state index contributed by atoms with van der Waals surface area (Å²) in [4.78, 5) is 11.2. The van der Waals surface area contributed by atoms with Crippen LogP contribution in [0.1, 0.15) is 73.0 Å². The van der Waals surface area contributed by atoms with Crippen LogP contribution in [-0.4, -0.2) is 16.2 Å². The molecule has 4 aliphatic carbocycles. The normalized spacial score (nSPS) is 29.4. The number of hydrogen-bond acceptors (Lipinski definition) is 2. The zero-order valence-corrected chi connectivity index (χ0v) is 18.6. The molecule has 1 unspecified atom stereocenters. The summed E-state index contributed by atoms with van der Waals surface area (Å²) in [6, 6.07) is 18.1. The first-order valence-electron chi connectivity index (χ1n) is 12.0. The summed E-state index contributed by atoms with van der Waals surface area (Å²) >= 11 is 0. The first-order chi connectivity index (χ1) is 15.4. The number of fused-ring (bicyclic) bond motifs is 1. The minimum atomic E-state index is -0.902. The Morgan fingerprint density at radius 3 is 2.00 bits per heavy atom. The van der Waals surface area contributed by atoms with Gasteiger partial charge in [0, 0.05) is 0 Å². The van der Waals surface area contributed by atoms with Gasteiger partial charge in [-0.15, -0.1) is 0 Å². The van der Waals surface area contributed by atoms with Gasteiger partial charge in [0.25, 0.3) is 0 Å². The highest BCUT2D eigenvalue weighted by molar-refractivity contribution is 5.91. The van der Waals surface area contributed by atoms with Crippen molar-refractivity contribution in [3.63, 3.8) is 0 Å². The summed E-state index contributed by atoms with van der Waals surface area (Å²) in [5.41, 5.74) is 5.15. The molecule has 4 bridgehead atoms. The minimum absolute atomic E-state index is 0.231. The second kappa shape index (κ2) is 7.18. The molecule has 0 aliphatic heterocycles. The van der Waals surface area contributed by atoms with E-state index in [1.54, 1.807) is 12.1 Å². The molecule has 3 aromatic rings. The topological polar surface area (TPSA) is 57.5 Å². The Bertz CT molecular complexity index is 1170. The van der Waals surface area contributed by atoms with E-state index in [9.17, 15) is 15.0 Å². The van der Waals surface area contributed by atoms with E-state index < -0.39 is 12.1 Å². The van der Waals surface area contributed by atoms with Crippen molar-refractivity contribution in [3.8, 4) is 11.1 Å². The van der Waals surface area contributed by atoms with Gasteiger partial charge in [-0.3, -0.25) is 0 Å². The van der Waals surface area contributed by atoms with Crippen molar-refractivity contribution in [2.24, 2.45) is 17.8 Å². The molecular formula is C29H30O3. The van der Waals surface area contributed by atoms with Gasteiger partial charge < -0.3 is 10.2 Å². The number of hydrogen-bond donors (Lipinski definition) is 2. The number of carboxylic acids is 1. The van der Waals surface area contributed by atoms with Crippen LogP contribution in [0.15, 0.2) is 54.6 Å². The Labute approximate surface area is 189 Å². The highest BCUT2D eigenvalue weighted by Gasteiger charge is 2.52. The second-order valence-electron chi connectivity index (χ2n) is 10.8. The van der Waals surface area contributed by atoms with E-state index in [2.05, 4.69) is 30.3 Å². The summed E-state index contributed by atoms with van der Waals surface area (Å²) in [5.74, 6) is 1.68. The van der Waals surface area contributed by atoms with Gasteiger partial charge >= 0.3 is 5.97 Å². The Morgan fingerprint density at radius 1 is 0.844 bits per heavy atom. The van der Waals surface area contributed by atoms with Gasteiger partial charge in [-0.1, -0.05) is 30.3 Å². The van der Waals surface area contributed by atoms with Crippen LogP contribution in [0.3, 0.4) is 0 Å². The number of aliphatic hydroxyl groups is 1. The molecule has 1 atom stereocenters. The average Bonchev–Trinajstić information content (AvgIpc) is 2.77. The molecule has 0 spiro atoms. The van der Waals surface area contributed by atoms with Gasteiger partial charge in [0.2, 0.25) is 0 Å². The SMILES string of the molecule is CC(O)c1cc2ccc(-c3ccc(C(=O)O)cc3)cc2cc1C12CC3CC(CC(C3)C1)C2. The minimum Gasteiger partial charge on any atom is -0.478 e. The number of benzene rings is 3. The zero-order chi connectivity index (χ0) is 22.0. The number of carboxylic acid groups (broad SMARTS) is 1. The number of aromatic carboxylic acids is 1. The van der Waals surface area contributed by atoms with Crippen LogP contribution in [0.25, 0.3) is 21.9 Å². The average molecular weight is 427 g/mol. The Hall–Kier alpha value is -2.65. The van der Waals surface area contributed by atoms with Crippen LogP contribution in [-0.2, 0) is 5.41 Å². The lowest BCUT2D eigenvalue weighted by atomic mass is 9.47. The molecule has 4 fully saturated rings. The molecule has 4 aliphatic rings. The van der Waals surface area contributed by atoms with Crippen LogP contribution in [0.5, 0.6) is 0 Å². The van der Waals surface area contributed by atoms with Gasteiger partial charge in [-0.05, 0) is 126 Å². The molecule has 0 saturated heterocycles. The fourth-order valence-electron chi connectivity index (χ4n) is 7.55. The van der Waals surface area contributed by atoms with Crippen LogP contribution in [0.2, 0.25) is 0 Å². The summed E-state index contributed by atoms with van der Waals surface area (Å²) in [7, 11) is 0. The quantitative estimate of drug-likeness (QED) is 0.486. The standard InChI is InChI=1S/C29H30O3/c1-17(30)26-12-24-7-6-23(21-2-4-22(5-3-21)28(31)32)11-25(24)13-27(26)29-14-18-8-19(15-29)10-20(9-18)16-29/h2-7,11-13,17-20,30H,8-10,14-16H2,1H3,(H,31,32). The molecule has 164 valence electrons. The van der Waals surface area contributed by atoms with E-state index in [-0.39, 0.29) is 5.41 Å². The molecule has 0 aromatic heterocycles. The third kappa shape index (κ3) is 3.17. The molecule has 7 rings (SSSR count). The van der Waals surface area contributed by atoms with Crippen LogP contribution in [0.4, 0.5) is 0 Å². The number of aliphatic hydroxyl groups excluding tert-OH is 1. The zero-order valence-electron chi connectivity index (χ0n) is 18.6. The number of carbonyl (C=O) groups is 1. The van der Waals surface area contributed by atoms with E-state index in [1.807, 2.05) is 19.1 Å². The molecular weight excluding hydrogens is 396 g/mol. The van der Waals surface area contributed by atoms with Crippen molar-refractivity contribution >= 4 is 16.7 Å². The fraction of sp³-hybridized carbons (Fsp3) is 0.414. The van der Waals surface area contributed by atoms with E-state index in [1.165, 1.54) is 49.5 Å². The lowest BCUT2D eigenvalue weighted by molar-refractivity contribution is -0.00642. The lowest BCUT2D eigenvalue weighted by Crippen LogP contribution is -2.49. The van der Waals surface area contributed by atoms with Crippen LogP contribution >= 0.6 is 0 Å². The maximum Gasteiger partial charge on any atom is 0.335 e. The molecule has 3 nitrogen and oxygen atoms in total.